The minimum atomic E-state index is -3.85. The van der Waals surface area contributed by atoms with Crippen LogP contribution in [0.25, 0.3) is 0 Å². The molecule has 0 aromatic heterocycles. The Hall–Kier alpha value is -2.78. The molecule has 1 aliphatic carbocycles. The van der Waals surface area contributed by atoms with Gasteiger partial charge in [0.25, 0.3) is 0 Å². The van der Waals surface area contributed by atoms with Crippen LogP contribution >= 0.6 is 11.6 Å². The van der Waals surface area contributed by atoms with Crippen molar-refractivity contribution in [1.29, 1.82) is 0 Å². The summed E-state index contributed by atoms with van der Waals surface area (Å²) in [6, 6.07) is 13.0. The number of carbonyl (C=O) groups excluding carboxylic acids is 2. The fourth-order valence-corrected chi connectivity index (χ4v) is 5.83. The molecular weight excluding hydrogens is 514 g/mol. The quantitative estimate of drug-likeness (QED) is 0.449. The highest BCUT2D eigenvalue weighted by atomic mass is 35.5. The van der Waals surface area contributed by atoms with E-state index in [9.17, 15) is 18.0 Å². The van der Waals surface area contributed by atoms with Gasteiger partial charge < -0.3 is 15.0 Å². The minimum Gasteiger partial charge on any atom is -0.497 e. The number of rotatable bonds is 11. The standard InChI is InChI=1S/C27H36ClN3O5S/c1-4-24(27(33)29-21-12-6-5-7-13-21)30(18-20-11-10-14-22(17-20)36-2)26(32)19-31(37(3,34)35)25-16-9-8-15-23(25)28/h8-11,14-17,21,24H,4-7,12-13,18-19H2,1-3H3,(H,29,33). The molecule has 1 unspecified atom stereocenters. The van der Waals surface area contributed by atoms with Gasteiger partial charge in [0.05, 0.1) is 24.1 Å². The van der Waals surface area contributed by atoms with Crippen molar-refractivity contribution in [2.45, 2.75) is 64.1 Å². The van der Waals surface area contributed by atoms with Crippen LogP contribution in [-0.4, -0.2) is 57.1 Å². The molecule has 10 heteroatoms. The van der Waals surface area contributed by atoms with E-state index in [2.05, 4.69) is 5.32 Å². The molecule has 1 aliphatic rings. The van der Waals surface area contributed by atoms with Gasteiger partial charge >= 0.3 is 0 Å². The Labute approximate surface area is 225 Å². The molecule has 1 atom stereocenters. The highest BCUT2D eigenvalue weighted by molar-refractivity contribution is 7.92. The van der Waals surface area contributed by atoms with Gasteiger partial charge in [0.15, 0.2) is 0 Å². The van der Waals surface area contributed by atoms with Crippen LogP contribution in [-0.2, 0) is 26.2 Å². The molecule has 0 spiro atoms. The van der Waals surface area contributed by atoms with Gasteiger partial charge in [0.2, 0.25) is 21.8 Å². The lowest BCUT2D eigenvalue weighted by molar-refractivity contribution is -0.140. The second kappa shape index (κ2) is 13.1. The summed E-state index contributed by atoms with van der Waals surface area (Å²) in [6.45, 7) is 1.48. The number of carbonyl (C=O) groups is 2. The number of hydrogen-bond acceptors (Lipinski definition) is 5. The van der Waals surface area contributed by atoms with E-state index in [1.54, 1.807) is 43.5 Å². The Bertz CT molecular complexity index is 1180. The van der Waals surface area contributed by atoms with Gasteiger partial charge in [-0.25, -0.2) is 8.42 Å². The lowest BCUT2D eigenvalue weighted by Crippen LogP contribution is -2.54. The van der Waals surface area contributed by atoms with Crippen molar-refractivity contribution in [2.24, 2.45) is 0 Å². The molecule has 0 bridgehead atoms. The molecule has 2 aromatic rings. The van der Waals surface area contributed by atoms with E-state index in [0.717, 1.165) is 48.2 Å². The van der Waals surface area contributed by atoms with Crippen molar-refractivity contribution in [3.05, 3.63) is 59.1 Å². The highest BCUT2D eigenvalue weighted by Crippen LogP contribution is 2.28. The minimum absolute atomic E-state index is 0.0831. The summed E-state index contributed by atoms with van der Waals surface area (Å²) < 4.78 is 31.8. The van der Waals surface area contributed by atoms with Crippen LogP contribution < -0.4 is 14.4 Å². The Kier molecular flexibility index (Phi) is 10.2. The van der Waals surface area contributed by atoms with Crippen LogP contribution in [0.3, 0.4) is 0 Å². The summed E-state index contributed by atoms with van der Waals surface area (Å²) in [7, 11) is -2.29. The fraction of sp³-hybridized carbons (Fsp3) is 0.481. The van der Waals surface area contributed by atoms with Gasteiger partial charge in [0, 0.05) is 12.6 Å². The van der Waals surface area contributed by atoms with E-state index in [4.69, 9.17) is 16.3 Å². The number of methoxy groups -OCH3 is 1. The van der Waals surface area contributed by atoms with Crippen molar-refractivity contribution in [3.8, 4) is 5.75 Å². The fourth-order valence-electron chi connectivity index (χ4n) is 4.68. The first-order valence-electron chi connectivity index (χ1n) is 12.6. The Balaban J connectivity index is 1.93. The van der Waals surface area contributed by atoms with E-state index in [1.165, 1.54) is 4.90 Å². The van der Waals surface area contributed by atoms with Crippen molar-refractivity contribution in [3.63, 3.8) is 0 Å². The summed E-state index contributed by atoms with van der Waals surface area (Å²) in [5, 5.41) is 3.34. The van der Waals surface area contributed by atoms with Crippen LogP contribution in [0, 0.1) is 0 Å². The second-order valence-corrected chi connectivity index (χ2v) is 11.7. The third kappa shape index (κ3) is 7.85. The van der Waals surface area contributed by atoms with E-state index >= 15 is 0 Å². The average Bonchev–Trinajstić information content (AvgIpc) is 2.87. The molecule has 37 heavy (non-hydrogen) atoms. The van der Waals surface area contributed by atoms with E-state index in [0.29, 0.717) is 12.2 Å². The third-order valence-corrected chi connectivity index (χ3v) is 8.07. The largest absolute Gasteiger partial charge is 0.497 e. The maximum Gasteiger partial charge on any atom is 0.244 e. The van der Waals surface area contributed by atoms with E-state index in [-0.39, 0.29) is 29.2 Å². The second-order valence-electron chi connectivity index (χ2n) is 9.36. The Morgan fingerprint density at radius 1 is 1.11 bits per heavy atom. The number of benzene rings is 2. The summed E-state index contributed by atoms with van der Waals surface area (Å²) >= 11 is 6.29. The molecule has 3 rings (SSSR count). The molecule has 2 aromatic carbocycles. The predicted molar refractivity (Wildman–Crippen MR) is 146 cm³/mol. The SMILES string of the molecule is CCC(C(=O)NC1CCCCC1)N(Cc1cccc(OC)c1)C(=O)CN(c1ccccc1Cl)S(C)(=O)=O. The highest BCUT2D eigenvalue weighted by Gasteiger charge is 2.33. The Morgan fingerprint density at radius 3 is 2.43 bits per heavy atom. The van der Waals surface area contributed by atoms with Gasteiger partial charge in [-0.1, -0.05) is 62.1 Å². The van der Waals surface area contributed by atoms with Gasteiger partial charge in [-0.05, 0) is 49.1 Å². The zero-order valence-electron chi connectivity index (χ0n) is 21.7. The lowest BCUT2D eigenvalue weighted by atomic mass is 9.95. The number of para-hydroxylation sites is 1. The number of hydrogen-bond donors (Lipinski definition) is 1. The smallest absolute Gasteiger partial charge is 0.244 e. The number of halogens is 1. The molecule has 1 N–H and O–H groups in total. The summed E-state index contributed by atoms with van der Waals surface area (Å²) in [4.78, 5) is 28.7. The van der Waals surface area contributed by atoms with Gasteiger partial charge in [-0.15, -0.1) is 0 Å². The zero-order valence-corrected chi connectivity index (χ0v) is 23.2. The van der Waals surface area contributed by atoms with Crippen molar-refractivity contribution in [1.82, 2.24) is 10.2 Å². The van der Waals surface area contributed by atoms with Gasteiger partial charge in [0.1, 0.15) is 18.3 Å². The molecule has 1 fully saturated rings. The molecule has 0 heterocycles. The molecule has 0 saturated heterocycles. The number of amides is 2. The van der Waals surface area contributed by atoms with Gasteiger partial charge in [-0.2, -0.15) is 0 Å². The van der Waals surface area contributed by atoms with Crippen molar-refractivity contribution >= 4 is 39.1 Å². The maximum atomic E-state index is 13.8. The third-order valence-electron chi connectivity index (χ3n) is 6.62. The molecule has 202 valence electrons. The van der Waals surface area contributed by atoms with Crippen LogP contribution in [0.15, 0.2) is 48.5 Å². The number of ether oxygens (including phenoxy) is 1. The number of nitrogens with zero attached hydrogens (tertiary/aromatic N) is 2. The van der Waals surface area contributed by atoms with Crippen LogP contribution in [0.5, 0.6) is 5.75 Å². The molecule has 1 saturated carbocycles. The van der Waals surface area contributed by atoms with Crippen molar-refractivity contribution in [2.75, 3.05) is 24.2 Å². The van der Waals surface area contributed by atoms with E-state index < -0.39 is 28.5 Å². The first-order valence-corrected chi connectivity index (χ1v) is 14.8. The average molecular weight is 550 g/mol. The first kappa shape index (κ1) is 28.8. The van der Waals surface area contributed by atoms with Crippen LogP contribution in [0.2, 0.25) is 5.02 Å². The molecule has 0 aliphatic heterocycles. The molecule has 8 nitrogen and oxygen atoms in total. The summed E-state index contributed by atoms with van der Waals surface area (Å²) in [5.74, 6) is -0.105. The first-order chi connectivity index (χ1) is 17.6. The summed E-state index contributed by atoms with van der Waals surface area (Å²) in [6.07, 6.45) is 6.53. The number of anilines is 1. The van der Waals surface area contributed by atoms with Gasteiger partial charge in [-0.3, -0.25) is 13.9 Å². The predicted octanol–water partition coefficient (Wildman–Crippen LogP) is 4.37. The number of nitrogens with one attached hydrogen (secondary N) is 1. The normalized spacial score (nSPS) is 15.0. The topological polar surface area (TPSA) is 96.0 Å². The maximum absolute atomic E-state index is 13.8. The molecule has 0 radical (unpaired) electrons. The lowest BCUT2D eigenvalue weighted by Gasteiger charge is -2.34. The van der Waals surface area contributed by atoms with E-state index in [1.807, 2.05) is 19.1 Å². The van der Waals surface area contributed by atoms with Crippen LogP contribution in [0.1, 0.15) is 51.0 Å². The van der Waals surface area contributed by atoms with Crippen molar-refractivity contribution < 1.29 is 22.7 Å². The monoisotopic (exact) mass is 549 g/mol. The van der Waals surface area contributed by atoms with Crippen LogP contribution in [0.4, 0.5) is 5.69 Å². The number of sulfonamides is 1. The Morgan fingerprint density at radius 2 is 1.81 bits per heavy atom. The molecular formula is C27H36ClN3O5S. The summed E-state index contributed by atoms with van der Waals surface area (Å²) in [5.41, 5.74) is 0.973. The molecule has 2 amide bonds. The zero-order chi connectivity index (χ0) is 27.0.